The lowest BCUT2D eigenvalue weighted by molar-refractivity contribution is -0.136. The van der Waals surface area contributed by atoms with Crippen LogP contribution in [0.3, 0.4) is 0 Å². The van der Waals surface area contributed by atoms with Crippen molar-refractivity contribution in [2.75, 3.05) is 12.4 Å². The molecule has 3 aromatic carbocycles. The molecule has 8 heteroatoms. The van der Waals surface area contributed by atoms with E-state index < -0.39 is 22.6 Å². The molecule has 4 N–H and O–H groups in total. The molecule has 0 fully saturated rings. The number of aliphatic carboxylic acids is 1. The standard InChI is InChI=1S/C24H19NO3.C7H17NO2S.C2H6/c1-14-12-16-4-2-3-5-17(16)23(19(14)13-21(26)27)18-6-7-20-22-15(9-11-28-20)8-10-25-24(18)22;1-7(2,9)5-3-4-6-11(8)10;1-2/h2-8,10,12H,9,11,13H2,1H3,(H,26,27);9H,3-6,8H2,1-2H3;1-2H3. The number of benzene rings is 3. The van der Waals surface area contributed by atoms with Gasteiger partial charge < -0.3 is 14.9 Å². The molecule has 0 radical (unpaired) electrons. The summed E-state index contributed by atoms with van der Waals surface area (Å²) in [5.74, 6) is 0.555. The smallest absolute Gasteiger partial charge is 0.307 e. The molecular formula is C33H42N2O5S. The van der Waals surface area contributed by atoms with E-state index in [0.29, 0.717) is 12.4 Å². The lowest BCUT2D eigenvalue weighted by Gasteiger charge is -2.21. The van der Waals surface area contributed by atoms with Crippen molar-refractivity contribution in [1.82, 2.24) is 4.98 Å². The van der Waals surface area contributed by atoms with Crippen LogP contribution in [-0.4, -0.2) is 43.3 Å². The molecule has 1 unspecified atom stereocenters. The molecule has 5 rings (SSSR count). The molecule has 2 heterocycles. The van der Waals surface area contributed by atoms with Crippen molar-refractivity contribution in [1.29, 1.82) is 0 Å². The number of fused-ring (bicyclic) bond motifs is 1. The molecule has 1 atom stereocenters. The Labute approximate surface area is 245 Å². The van der Waals surface area contributed by atoms with Crippen LogP contribution in [0.5, 0.6) is 5.75 Å². The van der Waals surface area contributed by atoms with Crippen LogP contribution in [0.4, 0.5) is 0 Å². The normalized spacial score (nSPS) is 13.0. The second-order valence-corrected chi connectivity index (χ2v) is 11.8. The number of rotatable bonds is 8. The largest absolute Gasteiger partial charge is 0.493 e. The second-order valence-electron chi connectivity index (χ2n) is 10.6. The first-order valence-electron chi connectivity index (χ1n) is 14.2. The summed E-state index contributed by atoms with van der Waals surface area (Å²) in [5.41, 5.74) is 5.23. The molecule has 0 aliphatic carbocycles. The van der Waals surface area contributed by atoms with Gasteiger partial charge in [-0.05, 0) is 91.3 Å². The van der Waals surface area contributed by atoms with Gasteiger partial charge in [-0.2, -0.15) is 0 Å². The number of hydrogen-bond acceptors (Lipinski definition) is 5. The Bertz CT molecular complexity index is 1520. The van der Waals surface area contributed by atoms with Crippen molar-refractivity contribution >= 4 is 38.6 Å². The zero-order valence-corrected chi connectivity index (χ0v) is 25.5. The van der Waals surface area contributed by atoms with Crippen molar-refractivity contribution in [3.05, 3.63) is 71.4 Å². The summed E-state index contributed by atoms with van der Waals surface area (Å²) in [6, 6.07) is 16.2. The number of unbranched alkanes of at least 4 members (excludes halogenated alkanes) is 1. The maximum absolute atomic E-state index is 11.6. The quantitative estimate of drug-likeness (QED) is 0.205. The predicted molar refractivity (Wildman–Crippen MR) is 169 cm³/mol. The summed E-state index contributed by atoms with van der Waals surface area (Å²) in [7, 11) is -1.18. The molecule has 220 valence electrons. The van der Waals surface area contributed by atoms with Gasteiger partial charge in [0.1, 0.15) is 5.75 Å². The van der Waals surface area contributed by atoms with Gasteiger partial charge in [-0.25, -0.2) is 4.21 Å². The highest BCUT2D eigenvalue weighted by atomic mass is 32.2. The van der Waals surface area contributed by atoms with Crippen molar-refractivity contribution < 1.29 is 24.0 Å². The van der Waals surface area contributed by atoms with E-state index >= 15 is 0 Å². The van der Waals surface area contributed by atoms with Crippen LogP contribution < -0.4 is 9.88 Å². The van der Waals surface area contributed by atoms with E-state index in [4.69, 9.17) is 14.9 Å². The Kier molecular flexibility index (Phi) is 11.4. The molecule has 0 bridgehead atoms. The number of aryl methyl sites for hydroxylation is 1. The minimum atomic E-state index is -1.18. The highest BCUT2D eigenvalue weighted by molar-refractivity contribution is 7.82. The third kappa shape index (κ3) is 8.35. The lowest BCUT2D eigenvalue weighted by atomic mass is 9.87. The number of aromatic nitrogens is 1. The Morgan fingerprint density at radius 3 is 2.54 bits per heavy atom. The molecule has 1 aromatic heterocycles. The number of pyridine rings is 1. The first-order chi connectivity index (χ1) is 19.5. The zero-order valence-electron chi connectivity index (χ0n) is 24.7. The summed E-state index contributed by atoms with van der Waals surface area (Å²) in [5, 5.41) is 27.1. The van der Waals surface area contributed by atoms with E-state index in [1.54, 1.807) is 13.8 Å². The number of nitrogens with zero attached hydrogens (tertiary/aromatic N) is 1. The predicted octanol–water partition coefficient (Wildman–Crippen LogP) is 6.50. The second kappa shape index (κ2) is 14.5. The molecular weight excluding hydrogens is 536 g/mol. The van der Waals surface area contributed by atoms with Crippen molar-refractivity contribution in [2.45, 2.75) is 72.3 Å². The van der Waals surface area contributed by atoms with Gasteiger partial charge in [-0.15, -0.1) is 0 Å². The summed E-state index contributed by atoms with van der Waals surface area (Å²) in [6.07, 6.45) is 5.12. The monoisotopic (exact) mass is 578 g/mol. The highest BCUT2D eigenvalue weighted by Gasteiger charge is 2.22. The molecule has 4 aromatic rings. The fourth-order valence-corrected chi connectivity index (χ4v) is 5.61. The molecule has 1 aliphatic heterocycles. The highest BCUT2D eigenvalue weighted by Crippen LogP contribution is 2.42. The summed E-state index contributed by atoms with van der Waals surface area (Å²) < 4.78 is 16.3. The zero-order chi connectivity index (χ0) is 30.2. The fraction of sp³-hybridized carbons (Fsp3) is 0.394. The minimum absolute atomic E-state index is 0.0224. The van der Waals surface area contributed by atoms with Crippen molar-refractivity contribution in [3.63, 3.8) is 0 Å². The van der Waals surface area contributed by atoms with E-state index in [1.807, 2.05) is 57.3 Å². The maximum Gasteiger partial charge on any atom is 0.307 e. The van der Waals surface area contributed by atoms with Gasteiger partial charge in [0.2, 0.25) is 0 Å². The van der Waals surface area contributed by atoms with Gasteiger partial charge >= 0.3 is 5.97 Å². The first-order valence-corrected chi connectivity index (χ1v) is 15.6. The topological polar surface area (TPSA) is 123 Å². The van der Waals surface area contributed by atoms with Gasteiger partial charge in [-0.3, -0.25) is 14.9 Å². The number of carbonyl (C=O) groups is 1. The Hall–Kier alpha value is -3.33. The first kappa shape index (κ1) is 32.2. The average Bonchev–Trinajstić information content (AvgIpc) is 2.93. The van der Waals surface area contributed by atoms with E-state index in [-0.39, 0.29) is 6.42 Å². The molecule has 0 saturated heterocycles. The Morgan fingerprint density at radius 1 is 1.12 bits per heavy atom. The molecule has 0 spiro atoms. The van der Waals surface area contributed by atoms with Gasteiger partial charge in [0.25, 0.3) is 0 Å². The number of hydrogen-bond donors (Lipinski definition) is 3. The third-order valence-corrected chi connectivity index (χ3v) is 7.62. The van der Waals surface area contributed by atoms with E-state index in [9.17, 15) is 19.2 Å². The summed E-state index contributed by atoms with van der Waals surface area (Å²) >= 11 is 0. The maximum atomic E-state index is 11.6. The minimum Gasteiger partial charge on any atom is -0.493 e. The Morgan fingerprint density at radius 2 is 1.85 bits per heavy atom. The van der Waals surface area contributed by atoms with Gasteiger partial charge in [0.15, 0.2) is 0 Å². The molecule has 0 saturated carbocycles. The van der Waals surface area contributed by atoms with Crippen LogP contribution in [0.2, 0.25) is 0 Å². The number of carboxylic acids is 1. The molecule has 1 aliphatic rings. The van der Waals surface area contributed by atoms with Crippen LogP contribution in [0.1, 0.15) is 63.6 Å². The van der Waals surface area contributed by atoms with Crippen LogP contribution in [0.25, 0.3) is 32.8 Å². The number of ether oxygens (including phenoxy) is 1. The average molecular weight is 579 g/mol. The van der Waals surface area contributed by atoms with Crippen LogP contribution >= 0.6 is 0 Å². The van der Waals surface area contributed by atoms with Crippen LogP contribution in [0.15, 0.2) is 54.7 Å². The van der Waals surface area contributed by atoms with Crippen LogP contribution in [-0.2, 0) is 28.6 Å². The van der Waals surface area contributed by atoms with Gasteiger partial charge in [0.05, 0.1) is 35.1 Å². The number of nitrogens with two attached hydrogens (primary N) is 1. The number of carboxylic acid groups (broad SMARTS) is 1. The lowest BCUT2D eigenvalue weighted by Crippen LogP contribution is -2.18. The van der Waals surface area contributed by atoms with E-state index in [1.165, 1.54) is 5.56 Å². The number of aliphatic hydroxyl groups is 1. The third-order valence-electron chi connectivity index (χ3n) is 6.93. The summed E-state index contributed by atoms with van der Waals surface area (Å²) in [4.78, 5) is 16.3. The molecule has 41 heavy (non-hydrogen) atoms. The molecule has 0 amide bonds. The molecule has 7 nitrogen and oxygen atoms in total. The van der Waals surface area contributed by atoms with Crippen molar-refractivity contribution in [3.8, 4) is 16.9 Å². The van der Waals surface area contributed by atoms with Gasteiger partial charge in [-0.1, -0.05) is 44.2 Å². The van der Waals surface area contributed by atoms with Crippen LogP contribution in [0, 0.1) is 6.92 Å². The summed E-state index contributed by atoms with van der Waals surface area (Å²) in [6.45, 7) is 10.2. The van der Waals surface area contributed by atoms with E-state index in [2.05, 4.69) is 18.2 Å². The van der Waals surface area contributed by atoms with Crippen molar-refractivity contribution in [2.24, 2.45) is 5.14 Å². The Balaban J connectivity index is 0.000000303. The van der Waals surface area contributed by atoms with Gasteiger partial charge in [0, 0.05) is 29.3 Å². The van der Waals surface area contributed by atoms with E-state index in [0.717, 1.165) is 75.4 Å². The SMILES string of the molecule is CC.CC(C)(O)CCCCS(N)=O.Cc1cc2ccccc2c(-c2ccc3c4c(ccnc24)CCO3)c1CC(=O)O. The fourth-order valence-electron chi connectivity index (χ4n) is 5.12.